The van der Waals surface area contributed by atoms with E-state index < -0.39 is 5.79 Å². The lowest BCUT2D eigenvalue weighted by molar-refractivity contribution is -0.273. The molecular weight excluding hydrogens is 252 g/mol. The summed E-state index contributed by atoms with van der Waals surface area (Å²) in [6, 6.07) is 11.0. The predicted octanol–water partition coefficient (Wildman–Crippen LogP) is 1.57. The minimum absolute atomic E-state index is 0.306. The number of piperidine rings is 1. The maximum absolute atomic E-state index is 5.79. The highest BCUT2D eigenvalue weighted by Gasteiger charge is 2.48. The van der Waals surface area contributed by atoms with Crippen LogP contribution in [0.4, 0.5) is 0 Å². The molecule has 1 aromatic carbocycles. The van der Waals surface area contributed by atoms with Gasteiger partial charge in [0.15, 0.2) is 5.79 Å². The zero-order chi connectivity index (χ0) is 14.0. The van der Waals surface area contributed by atoms with Crippen molar-refractivity contribution in [2.45, 2.75) is 24.8 Å². The Morgan fingerprint density at radius 2 is 1.85 bits per heavy atom. The first kappa shape index (κ1) is 14.0. The first-order chi connectivity index (χ1) is 9.77. The minimum Gasteiger partial charge on any atom is -0.352 e. The first-order valence-corrected chi connectivity index (χ1v) is 7.38. The summed E-state index contributed by atoms with van der Waals surface area (Å²) in [4.78, 5) is 5.03. The number of nitrogens with zero attached hydrogens (tertiary/aromatic N) is 2. The lowest BCUT2D eigenvalue weighted by Gasteiger charge is -2.53. The molecule has 2 fully saturated rings. The van der Waals surface area contributed by atoms with E-state index in [-0.39, 0.29) is 0 Å². The maximum atomic E-state index is 5.79. The zero-order valence-electron chi connectivity index (χ0n) is 12.4. The van der Waals surface area contributed by atoms with E-state index in [1.165, 1.54) is 5.56 Å². The van der Waals surface area contributed by atoms with E-state index in [1.54, 1.807) is 14.2 Å². The Bertz CT molecular complexity index is 433. The average molecular weight is 276 g/mol. The highest BCUT2D eigenvalue weighted by Crippen LogP contribution is 2.33. The largest absolute Gasteiger partial charge is 0.352 e. The van der Waals surface area contributed by atoms with Crippen LogP contribution in [0.1, 0.15) is 12.0 Å². The second kappa shape index (κ2) is 5.82. The van der Waals surface area contributed by atoms with Crippen molar-refractivity contribution < 1.29 is 9.47 Å². The molecule has 3 rings (SSSR count). The van der Waals surface area contributed by atoms with Crippen molar-refractivity contribution in [3.8, 4) is 0 Å². The van der Waals surface area contributed by atoms with Crippen LogP contribution in [-0.2, 0) is 16.0 Å². The SMILES string of the molecule is COC1(OC)CCN2CCN(Cc3ccccc3)[C@H]1C2. The molecular formula is C16H24N2O2. The smallest absolute Gasteiger partial charge is 0.185 e. The summed E-state index contributed by atoms with van der Waals surface area (Å²) in [5.41, 5.74) is 1.35. The van der Waals surface area contributed by atoms with Crippen LogP contribution in [0.15, 0.2) is 30.3 Å². The van der Waals surface area contributed by atoms with Crippen molar-refractivity contribution in [3.05, 3.63) is 35.9 Å². The van der Waals surface area contributed by atoms with Gasteiger partial charge in [0.05, 0.1) is 6.04 Å². The third kappa shape index (κ3) is 2.49. The van der Waals surface area contributed by atoms with Gasteiger partial charge >= 0.3 is 0 Å². The molecule has 0 radical (unpaired) electrons. The molecule has 1 aromatic rings. The van der Waals surface area contributed by atoms with Crippen LogP contribution in [0, 0.1) is 0 Å². The van der Waals surface area contributed by atoms with Gasteiger partial charge in [-0.15, -0.1) is 0 Å². The highest BCUT2D eigenvalue weighted by molar-refractivity contribution is 5.15. The molecule has 0 amide bonds. The monoisotopic (exact) mass is 276 g/mol. The van der Waals surface area contributed by atoms with Crippen LogP contribution >= 0.6 is 0 Å². The number of methoxy groups -OCH3 is 2. The number of piperazine rings is 1. The summed E-state index contributed by atoms with van der Waals surface area (Å²) in [5.74, 6) is -0.453. The second-order valence-corrected chi connectivity index (χ2v) is 5.74. The van der Waals surface area contributed by atoms with Crippen molar-refractivity contribution >= 4 is 0 Å². The molecule has 0 N–H and O–H groups in total. The van der Waals surface area contributed by atoms with Crippen molar-refractivity contribution in [1.82, 2.24) is 9.80 Å². The number of hydrogen-bond donors (Lipinski definition) is 0. The molecule has 0 saturated carbocycles. The molecule has 2 bridgehead atoms. The summed E-state index contributed by atoms with van der Waals surface area (Å²) < 4.78 is 11.6. The fraction of sp³-hybridized carbons (Fsp3) is 0.625. The summed E-state index contributed by atoms with van der Waals surface area (Å²) in [5, 5.41) is 0. The number of hydrogen-bond acceptors (Lipinski definition) is 4. The standard InChI is InChI=1S/C16H24N2O2/c1-19-16(20-2)8-9-17-10-11-18(15(16)13-17)12-14-6-4-3-5-7-14/h3-7,15H,8-13H2,1-2H3/t15-/m0/s1. The van der Waals surface area contributed by atoms with Crippen molar-refractivity contribution in [2.24, 2.45) is 0 Å². The lowest BCUT2D eigenvalue weighted by atomic mass is 9.93. The molecule has 0 spiro atoms. The topological polar surface area (TPSA) is 24.9 Å². The Morgan fingerprint density at radius 3 is 2.55 bits per heavy atom. The van der Waals surface area contributed by atoms with Gasteiger partial charge in [-0.05, 0) is 5.56 Å². The van der Waals surface area contributed by atoms with Gasteiger partial charge in [0.2, 0.25) is 0 Å². The molecule has 2 atom stereocenters. The number of benzene rings is 1. The van der Waals surface area contributed by atoms with Crippen LogP contribution in [0.2, 0.25) is 0 Å². The molecule has 0 aliphatic carbocycles. The van der Waals surface area contributed by atoms with Gasteiger partial charge in [-0.1, -0.05) is 30.3 Å². The summed E-state index contributed by atoms with van der Waals surface area (Å²) in [6.07, 6.45) is 0.940. The van der Waals surface area contributed by atoms with Gasteiger partial charge in [0, 0.05) is 53.4 Å². The van der Waals surface area contributed by atoms with Crippen LogP contribution in [0.3, 0.4) is 0 Å². The fourth-order valence-corrected chi connectivity index (χ4v) is 3.54. The predicted molar refractivity (Wildman–Crippen MR) is 78.4 cm³/mol. The van der Waals surface area contributed by atoms with E-state index in [0.29, 0.717) is 6.04 Å². The Hall–Kier alpha value is -0.940. The van der Waals surface area contributed by atoms with Crippen molar-refractivity contribution in [1.29, 1.82) is 0 Å². The van der Waals surface area contributed by atoms with Crippen molar-refractivity contribution in [3.63, 3.8) is 0 Å². The number of fused-ring (bicyclic) bond motifs is 2. The zero-order valence-corrected chi connectivity index (χ0v) is 12.4. The van der Waals surface area contributed by atoms with E-state index in [4.69, 9.17) is 9.47 Å². The third-order valence-corrected chi connectivity index (χ3v) is 4.78. The maximum Gasteiger partial charge on any atom is 0.185 e. The normalized spacial score (nSPS) is 29.3. The van der Waals surface area contributed by atoms with E-state index in [0.717, 1.165) is 39.1 Å². The molecule has 4 heteroatoms. The number of ether oxygens (including phenoxy) is 2. The summed E-state index contributed by atoms with van der Waals surface area (Å²) in [7, 11) is 3.54. The summed E-state index contributed by atoms with van der Waals surface area (Å²) >= 11 is 0. The molecule has 1 unspecified atom stereocenters. The quantitative estimate of drug-likeness (QED) is 0.779. The Kier molecular flexibility index (Phi) is 4.08. The molecule has 20 heavy (non-hydrogen) atoms. The average Bonchev–Trinajstić information content (AvgIpc) is 2.52. The molecule has 2 aliphatic rings. The third-order valence-electron chi connectivity index (χ3n) is 4.78. The van der Waals surface area contributed by atoms with Gasteiger partial charge in [-0.2, -0.15) is 0 Å². The van der Waals surface area contributed by atoms with Gasteiger partial charge in [-0.3, -0.25) is 4.90 Å². The van der Waals surface area contributed by atoms with E-state index in [1.807, 2.05) is 0 Å². The van der Waals surface area contributed by atoms with Gasteiger partial charge < -0.3 is 14.4 Å². The molecule has 110 valence electrons. The minimum atomic E-state index is -0.453. The van der Waals surface area contributed by atoms with E-state index in [9.17, 15) is 0 Å². The van der Waals surface area contributed by atoms with Gasteiger partial charge in [-0.25, -0.2) is 0 Å². The van der Waals surface area contributed by atoms with Gasteiger partial charge in [0.1, 0.15) is 0 Å². The van der Waals surface area contributed by atoms with Crippen LogP contribution in [0.5, 0.6) is 0 Å². The molecule has 2 saturated heterocycles. The molecule has 2 aliphatic heterocycles. The molecule has 0 aromatic heterocycles. The van der Waals surface area contributed by atoms with Crippen LogP contribution in [0.25, 0.3) is 0 Å². The molecule has 2 heterocycles. The van der Waals surface area contributed by atoms with Crippen LogP contribution in [-0.4, -0.2) is 62.0 Å². The van der Waals surface area contributed by atoms with E-state index >= 15 is 0 Å². The fourth-order valence-electron chi connectivity index (χ4n) is 3.54. The summed E-state index contributed by atoms with van der Waals surface area (Å²) in [6.45, 7) is 5.29. The highest BCUT2D eigenvalue weighted by atomic mass is 16.7. The Morgan fingerprint density at radius 1 is 1.10 bits per heavy atom. The Balaban J connectivity index is 1.80. The molecule has 4 nitrogen and oxygen atoms in total. The van der Waals surface area contributed by atoms with Crippen molar-refractivity contribution in [2.75, 3.05) is 40.4 Å². The van der Waals surface area contributed by atoms with Gasteiger partial charge in [0.25, 0.3) is 0 Å². The Labute approximate surface area is 121 Å². The van der Waals surface area contributed by atoms with Crippen LogP contribution < -0.4 is 0 Å². The second-order valence-electron chi connectivity index (χ2n) is 5.74. The first-order valence-electron chi connectivity index (χ1n) is 7.38. The van der Waals surface area contributed by atoms with E-state index in [2.05, 4.69) is 40.1 Å². The lowest BCUT2D eigenvalue weighted by Crippen LogP contribution is -2.68. The number of rotatable bonds is 4.